The largest absolute Gasteiger partial charge is 0.495 e. The molecule has 0 unspecified atom stereocenters. The molecular formula is C24H28N4O5S. The number of carboxylic acids is 1. The number of aliphatic hydroxyl groups is 1. The quantitative estimate of drug-likeness (QED) is 0.423. The van der Waals surface area contributed by atoms with Crippen molar-refractivity contribution in [1.82, 2.24) is 14.9 Å². The standard InChI is InChI=1S/C24H28N4O5S/c1-33-16-11-18-17(3-2-4-20(18)26-12-16)21(29)6-5-15-7-9-28(13-19(15)23(31)32)14-22(30)27-24-25-8-10-34-24/h2-4,8,10-12,15,19,21,29H,5-7,9,13-14H2,1H3,(H,31,32)(H,25,27,30)/t15-,19+,21-/m1/s1. The lowest BCUT2D eigenvalue weighted by atomic mass is 9.81. The molecule has 3 aromatic rings. The number of hydrogen-bond acceptors (Lipinski definition) is 8. The predicted molar refractivity (Wildman–Crippen MR) is 129 cm³/mol. The van der Waals surface area contributed by atoms with Gasteiger partial charge in [-0.05, 0) is 49.4 Å². The van der Waals surface area contributed by atoms with Crippen molar-refractivity contribution >= 4 is 39.2 Å². The maximum Gasteiger partial charge on any atom is 0.308 e. The lowest BCUT2D eigenvalue weighted by molar-refractivity contribution is -0.146. The highest BCUT2D eigenvalue weighted by Gasteiger charge is 2.35. The zero-order valence-electron chi connectivity index (χ0n) is 18.9. The van der Waals surface area contributed by atoms with E-state index in [1.165, 1.54) is 11.3 Å². The number of aromatic nitrogens is 2. The minimum Gasteiger partial charge on any atom is -0.495 e. The van der Waals surface area contributed by atoms with E-state index >= 15 is 0 Å². The number of carboxylic acid groups (broad SMARTS) is 1. The molecule has 1 aliphatic rings. The lowest BCUT2D eigenvalue weighted by Gasteiger charge is -2.36. The number of benzene rings is 1. The number of likely N-dealkylation sites (tertiary alicyclic amines) is 1. The number of carbonyl (C=O) groups is 2. The van der Waals surface area contributed by atoms with E-state index in [2.05, 4.69) is 15.3 Å². The minimum atomic E-state index is -0.872. The summed E-state index contributed by atoms with van der Waals surface area (Å²) in [5, 5.41) is 26.6. The molecule has 10 heteroatoms. The first-order chi connectivity index (χ1) is 16.4. The van der Waals surface area contributed by atoms with Gasteiger partial charge in [-0.15, -0.1) is 11.3 Å². The minimum absolute atomic E-state index is 0.0759. The molecule has 1 aliphatic heterocycles. The van der Waals surface area contributed by atoms with Crippen molar-refractivity contribution < 1.29 is 24.5 Å². The van der Waals surface area contributed by atoms with Crippen LogP contribution in [0, 0.1) is 11.8 Å². The number of pyridine rings is 1. The van der Waals surface area contributed by atoms with Gasteiger partial charge >= 0.3 is 5.97 Å². The summed E-state index contributed by atoms with van der Waals surface area (Å²) in [4.78, 5) is 34.6. The number of aliphatic hydroxyl groups excluding tert-OH is 1. The number of amides is 1. The van der Waals surface area contributed by atoms with Crippen LogP contribution in [0.2, 0.25) is 0 Å². The van der Waals surface area contributed by atoms with Gasteiger partial charge in [-0.25, -0.2) is 4.98 Å². The fraction of sp³-hybridized carbons (Fsp3) is 0.417. The van der Waals surface area contributed by atoms with Gasteiger partial charge in [-0.1, -0.05) is 12.1 Å². The molecule has 3 atom stereocenters. The van der Waals surface area contributed by atoms with Crippen molar-refractivity contribution in [2.45, 2.75) is 25.4 Å². The molecule has 2 aromatic heterocycles. The number of fused-ring (bicyclic) bond motifs is 1. The zero-order chi connectivity index (χ0) is 24.1. The Morgan fingerprint density at radius 2 is 2.21 bits per heavy atom. The summed E-state index contributed by atoms with van der Waals surface area (Å²) < 4.78 is 5.27. The summed E-state index contributed by atoms with van der Waals surface area (Å²) >= 11 is 1.34. The third-order valence-electron chi connectivity index (χ3n) is 6.34. The molecule has 0 spiro atoms. The highest BCUT2D eigenvalue weighted by molar-refractivity contribution is 7.13. The normalized spacial score (nSPS) is 19.6. The Morgan fingerprint density at radius 1 is 1.35 bits per heavy atom. The van der Waals surface area contributed by atoms with E-state index in [1.54, 1.807) is 24.9 Å². The first-order valence-electron chi connectivity index (χ1n) is 11.2. The maximum absolute atomic E-state index is 12.3. The fourth-order valence-corrected chi connectivity index (χ4v) is 5.11. The summed E-state index contributed by atoms with van der Waals surface area (Å²) in [5.74, 6) is -1.13. The van der Waals surface area contributed by atoms with Crippen LogP contribution in [-0.2, 0) is 9.59 Å². The van der Waals surface area contributed by atoms with E-state index in [-0.39, 0.29) is 18.4 Å². The summed E-state index contributed by atoms with van der Waals surface area (Å²) in [7, 11) is 1.57. The van der Waals surface area contributed by atoms with Crippen molar-refractivity contribution in [1.29, 1.82) is 0 Å². The molecule has 1 aromatic carbocycles. The van der Waals surface area contributed by atoms with E-state index in [4.69, 9.17) is 4.74 Å². The second-order valence-corrected chi connectivity index (χ2v) is 9.39. The van der Waals surface area contributed by atoms with E-state index < -0.39 is 18.0 Å². The highest BCUT2D eigenvalue weighted by atomic mass is 32.1. The lowest BCUT2D eigenvalue weighted by Crippen LogP contribution is -2.46. The third kappa shape index (κ3) is 5.69. The fourth-order valence-electron chi connectivity index (χ4n) is 4.57. The van der Waals surface area contributed by atoms with Crippen LogP contribution in [0.25, 0.3) is 10.9 Å². The van der Waals surface area contributed by atoms with Crippen LogP contribution in [0.4, 0.5) is 5.13 Å². The van der Waals surface area contributed by atoms with Crippen molar-refractivity contribution in [2.75, 3.05) is 32.1 Å². The number of piperidine rings is 1. The SMILES string of the molecule is COc1cnc2cccc([C@H](O)CC[C@@H]3CCN(CC(=O)Nc4nccs4)C[C@@H]3C(=O)O)c2c1. The van der Waals surface area contributed by atoms with Crippen molar-refractivity contribution in [3.8, 4) is 5.75 Å². The van der Waals surface area contributed by atoms with Gasteiger partial charge < -0.3 is 20.3 Å². The van der Waals surface area contributed by atoms with Gasteiger partial charge in [0.1, 0.15) is 5.75 Å². The molecular weight excluding hydrogens is 456 g/mol. The number of thiazole rings is 1. The van der Waals surface area contributed by atoms with Gasteiger partial charge in [0.25, 0.3) is 0 Å². The molecule has 0 bridgehead atoms. The molecule has 9 nitrogen and oxygen atoms in total. The molecule has 34 heavy (non-hydrogen) atoms. The monoisotopic (exact) mass is 484 g/mol. The number of nitrogens with zero attached hydrogens (tertiary/aromatic N) is 3. The van der Waals surface area contributed by atoms with Gasteiger partial charge in [0.05, 0.1) is 37.4 Å². The maximum atomic E-state index is 12.3. The molecule has 1 saturated heterocycles. The number of anilines is 1. The smallest absolute Gasteiger partial charge is 0.308 e. The van der Waals surface area contributed by atoms with Crippen LogP contribution in [0.5, 0.6) is 5.75 Å². The molecule has 0 aliphatic carbocycles. The second kappa shape index (κ2) is 10.9. The number of ether oxygens (including phenoxy) is 1. The molecule has 180 valence electrons. The van der Waals surface area contributed by atoms with E-state index in [9.17, 15) is 19.8 Å². The van der Waals surface area contributed by atoms with Gasteiger partial charge in [-0.3, -0.25) is 19.5 Å². The Kier molecular flexibility index (Phi) is 7.71. The Bertz CT molecular complexity index is 1140. The molecule has 0 saturated carbocycles. The summed E-state index contributed by atoms with van der Waals surface area (Å²) in [5.41, 5.74) is 1.53. The second-order valence-electron chi connectivity index (χ2n) is 8.50. The van der Waals surface area contributed by atoms with Crippen LogP contribution < -0.4 is 10.1 Å². The van der Waals surface area contributed by atoms with Crippen molar-refractivity contribution in [3.63, 3.8) is 0 Å². The first kappa shape index (κ1) is 24.1. The molecule has 3 N–H and O–H groups in total. The number of hydrogen-bond donors (Lipinski definition) is 3. The van der Waals surface area contributed by atoms with Crippen LogP contribution in [0.1, 0.15) is 30.9 Å². The molecule has 0 radical (unpaired) electrons. The zero-order valence-corrected chi connectivity index (χ0v) is 19.7. The van der Waals surface area contributed by atoms with E-state index in [1.807, 2.05) is 29.2 Å². The van der Waals surface area contributed by atoms with Gasteiger partial charge in [-0.2, -0.15) is 0 Å². The van der Waals surface area contributed by atoms with Gasteiger partial charge in [0, 0.05) is 23.5 Å². The number of nitrogens with one attached hydrogen (secondary N) is 1. The Labute approximate surface area is 201 Å². The highest BCUT2D eigenvalue weighted by Crippen LogP contribution is 2.33. The van der Waals surface area contributed by atoms with Gasteiger partial charge in [0.2, 0.25) is 5.91 Å². The van der Waals surface area contributed by atoms with E-state index in [0.717, 1.165) is 16.5 Å². The van der Waals surface area contributed by atoms with E-state index in [0.29, 0.717) is 43.2 Å². The molecule has 4 rings (SSSR count). The van der Waals surface area contributed by atoms with Crippen LogP contribution in [0.3, 0.4) is 0 Å². The van der Waals surface area contributed by atoms with Crippen LogP contribution in [0.15, 0.2) is 42.0 Å². The summed E-state index contributed by atoms with van der Waals surface area (Å²) in [6.07, 6.45) is 4.18. The Morgan fingerprint density at radius 3 is 2.94 bits per heavy atom. The van der Waals surface area contributed by atoms with Crippen LogP contribution in [-0.4, -0.2) is 63.7 Å². The average Bonchev–Trinajstić information content (AvgIpc) is 3.35. The van der Waals surface area contributed by atoms with Gasteiger partial charge in [0.15, 0.2) is 5.13 Å². The molecule has 1 fully saturated rings. The Hall–Kier alpha value is -3.08. The van der Waals surface area contributed by atoms with Crippen molar-refractivity contribution in [2.24, 2.45) is 11.8 Å². The summed E-state index contributed by atoms with van der Waals surface area (Å²) in [6, 6.07) is 7.46. The van der Waals surface area contributed by atoms with Crippen LogP contribution >= 0.6 is 11.3 Å². The Balaban J connectivity index is 1.37. The molecule has 1 amide bonds. The number of aliphatic carboxylic acids is 1. The third-order valence-corrected chi connectivity index (χ3v) is 7.03. The number of methoxy groups -OCH3 is 1. The average molecular weight is 485 g/mol. The first-order valence-corrected chi connectivity index (χ1v) is 12.1. The summed E-state index contributed by atoms with van der Waals surface area (Å²) in [6.45, 7) is 1.06. The number of rotatable bonds is 9. The predicted octanol–water partition coefficient (Wildman–Crippen LogP) is 3.17. The molecule has 3 heterocycles. The van der Waals surface area contributed by atoms with Crippen molar-refractivity contribution in [3.05, 3.63) is 47.6 Å². The number of carbonyl (C=O) groups excluding carboxylic acids is 1. The topological polar surface area (TPSA) is 125 Å².